The number of rotatable bonds is 3. The summed E-state index contributed by atoms with van der Waals surface area (Å²) in [5, 5.41) is 0. The molecule has 2 aliphatic carbocycles. The van der Waals surface area contributed by atoms with E-state index in [1.165, 1.54) is 11.1 Å². The van der Waals surface area contributed by atoms with E-state index in [-0.39, 0.29) is 10.8 Å². The maximum absolute atomic E-state index is 12.5. The van der Waals surface area contributed by atoms with Crippen LogP contribution in [0.2, 0.25) is 0 Å². The lowest BCUT2D eigenvalue weighted by Gasteiger charge is -2.25. The molecule has 19 heavy (non-hydrogen) atoms. The standard InChI is InChI=1S/C18H26O/c1-12-7-8-15(18(12,5)6)10-16(19)14-9-13(2)17(3,4)11-14/h7-8,11,13H,9-10H2,1-6H3. The lowest BCUT2D eigenvalue weighted by atomic mass is 9.79. The number of allylic oxidation sites excluding steroid dienone is 6. The van der Waals surface area contributed by atoms with E-state index in [0.717, 1.165) is 12.0 Å². The van der Waals surface area contributed by atoms with Crippen molar-refractivity contribution in [2.75, 3.05) is 0 Å². The molecular formula is C18H26O. The Labute approximate surface area is 117 Å². The zero-order valence-corrected chi connectivity index (χ0v) is 13.1. The summed E-state index contributed by atoms with van der Waals surface area (Å²) in [5.41, 5.74) is 3.87. The topological polar surface area (TPSA) is 17.1 Å². The molecule has 0 bridgehead atoms. The van der Waals surface area contributed by atoms with Crippen molar-refractivity contribution in [2.24, 2.45) is 16.7 Å². The fourth-order valence-electron chi connectivity index (χ4n) is 2.90. The molecule has 1 nitrogen and oxygen atoms in total. The molecule has 1 heteroatoms. The van der Waals surface area contributed by atoms with Crippen LogP contribution in [-0.4, -0.2) is 5.78 Å². The smallest absolute Gasteiger partial charge is 0.162 e. The second-order valence-electron chi connectivity index (χ2n) is 7.36. The molecule has 104 valence electrons. The van der Waals surface area contributed by atoms with Crippen molar-refractivity contribution in [1.82, 2.24) is 0 Å². The van der Waals surface area contributed by atoms with Crippen molar-refractivity contribution in [3.8, 4) is 0 Å². The summed E-state index contributed by atoms with van der Waals surface area (Å²) in [4.78, 5) is 12.5. The number of hydrogen-bond donors (Lipinski definition) is 0. The van der Waals surface area contributed by atoms with Crippen LogP contribution < -0.4 is 0 Å². The molecule has 1 atom stereocenters. The molecule has 0 aromatic carbocycles. The molecule has 0 spiro atoms. The van der Waals surface area contributed by atoms with Gasteiger partial charge in [-0.1, -0.05) is 64.0 Å². The van der Waals surface area contributed by atoms with E-state index in [2.05, 4.69) is 59.8 Å². The number of carbonyl (C=O) groups is 1. The Morgan fingerprint density at radius 2 is 1.89 bits per heavy atom. The monoisotopic (exact) mass is 258 g/mol. The van der Waals surface area contributed by atoms with Crippen LogP contribution in [0, 0.1) is 16.7 Å². The Kier molecular flexibility index (Phi) is 3.36. The Hall–Kier alpha value is -1.11. The molecular weight excluding hydrogens is 232 g/mol. The first-order chi connectivity index (χ1) is 8.64. The highest BCUT2D eigenvalue weighted by Gasteiger charge is 2.35. The molecule has 0 aromatic rings. The third kappa shape index (κ3) is 2.48. The molecule has 0 N–H and O–H groups in total. The van der Waals surface area contributed by atoms with Crippen LogP contribution in [0.5, 0.6) is 0 Å². The Morgan fingerprint density at radius 1 is 1.26 bits per heavy atom. The summed E-state index contributed by atoms with van der Waals surface area (Å²) in [6.07, 6.45) is 8.00. The van der Waals surface area contributed by atoms with Crippen LogP contribution in [0.3, 0.4) is 0 Å². The van der Waals surface area contributed by atoms with E-state index in [0.29, 0.717) is 18.1 Å². The third-order valence-electron chi connectivity index (χ3n) is 5.37. The van der Waals surface area contributed by atoms with Crippen LogP contribution in [0.1, 0.15) is 54.4 Å². The van der Waals surface area contributed by atoms with Gasteiger partial charge in [0, 0.05) is 11.8 Å². The van der Waals surface area contributed by atoms with E-state index >= 15 is 0 Å². The van der Waals surface area contributed by atoms with Gasteiger partial charge in [0.15, 0.2) is 5.78 Å². The average Bonchev–Trinajstić information content (AvgIpc) is 2.70. The van der Waals surface area contributed by atoms with Crippen molar-refractivity contribution in [3.63, 3.8) is 0 Å². The fourth-order valence-corrected chi connectivity index (χ4v) is 2.90. The third-order valence-corrected chi connectivity index (χ3v) is 5.37. The minimum absolute atomic E-state index is 0.0515. The maximum Gasteiger partial charge on any atom is 0.162 e. The number of Topliss-reactive ketones (excluding diaryl/α,β-unsaturated/α-hetero) is 1. The Balaban J connectivity index is 2.09. The molecule has 0 fully saturated rings. The van der Waals surface area contributed by atoms with Crippen LogP contribution in [-0.2, 0) is 4.79 Å². The van der Waals surface area contributed by atoms with Gasteiger partial charge in [-0.2, -0.15) is 0 Å². The molecule has 0 radical (unpaired) electrons. The van der Waals surface area contributed by atoms with Crippen molar-refractivity contribution < 1.29 is 4.79 Å². The van der Waals surface area contributed by atoms with E-state index in [1.54, 1.807) is 0 Å². The van der Waals surface area contributed by atoms with Gasteiger partial charge in [-0.15, -0.1) is 0 Å². The van der Waals surface area contributed by atoms with Crippen molar-refractivity contribution >= 4 is 5.78 Å². The predicted octanol–water partition coefficient (Wildman–Crippen LogP) is 4.85. The molecule has 0 saturated carbocycles. The summed E-state index contributed by atoms with van der Waals surface area (Å²) < 4.78 is 0. The van der Waals surface area contributed by atoms with Gasteiger partial charge in [-0.05, 0) is 30.3 Å². The molecule has 1 unspecified atom stereocenters. The van der Waals surface area contributed by atoms with Crippen LogP contribution in [0.25, 0.3) is 0 Å². The Morgan fingerprint density at radius 3 is 2.32 bits per heavy atom. The summed E-state index contributed by atoms with van der Waals surface area (Å²) >= 11 is 0. The SMILES string of the molecule is CC1=CC=C(CC(=O)C2=CC(C)(C)C(C)C2)C1(C)C. The van der Waals surface area contributed by atoms with Gasteiger partial charge in [0.25, 0.3) is 0 Å². The number of hydrogen-bond acceptors (Lipinski definition) is 1. The highest BCUT2D eigenvalue weighted by molar-refractivity contribution is 5.97. The van der Waals surface area contributed by atoms with Gasteiger partial charge in [0.05, 0.1) is 0 Å². The van der Waals surface area contributed by atoms with Gasteiger partial charge in [-0.25, -0.2) is 0 Å². The molecule has 0 aliphatic heterocycles. The van der Waals surface area contributed by atoms with Gasteiger partial charge in [-0.3, -0.25) is 4.79 Å². The zero-order valence-electron chi connectivity index (χ0n) is 13.1. The zero-order chi connectivity index (χ0) is 14.4. The minimum atomic E-state index is 0.0515. The largest absolute Gasteiger partial charge is 0.294 e. The van der Waals surface area contributed by atoms with Crippen molar-refractivity contribution in [2.45, 2.75) is 54.4 Å². The molecule has 0 amide bonds. The summed E-state index contributed by atoms with van der Waals surface area (Å²) in [5.74, 6) is 0.886. The first kappa shape index (κ1) is 14.3. The second-order valence-corrected chi connectivity index (χ2v) is 7.36. The van der Waals surface area contributed by atoms with Gasteiger partial charge in [0.1, 0.15) is 0 Å². The predicted molar refractivity (Wildman–Crippen MR) is 80.9 cm³/mol. The van der Waals surface area contributed by atoms with Gasteiger partial charge in [0.2, 0.25) is 0 Å². The normalized spacial score (nSPS) is 27.9. The Bertz CT molecular complexity index is 498. The quantitative estimate of drug-likeness (QED) is 0.707. The maximum atomic E-state index is 12.5. The average molecular weight is 258 g/mol. The number of ketones is 1. The molecule has 0 saturated heterocycles. The van der Waals surface area contributed by atoms with Crippen LogP contribution in [0.15, 0.2) is 34.9 Å². The van der Waals surface area contributed by atoms with Gasteiger partial charge < -0.3 is 0 Å². The van der Waals surface area contributed by atoms with Crippen molar-refractivity contribution in [1.29, 1.82) is 0 Å². The fraction of sp³-hybridized carbons (Fsp3) is 0.611. The van der Waals surface area contributed by atoms with E-state index in [9.17, 15) is 4.79 Å². The van der Waals surface area contributed by atoms with E-state index in [4.69, 9.17) is 0 Å². The first-order valence-corrected chi connectivity index (χ1v) is 7.28. The van der Waals surface area contributed by atoms with E-state index < -0.39 is 0 Å². The molecule has 0 aromatic heterocycles. The second kappa shape index (κ2) is 4.47. The number of carbonyl (C=O) groups excluding carboxylic acids is 1. The van der Waals surface area contributed by atoms with Crippen LogP contribution >= 0.6 is 0 Å². The van der Waals surface area contributed by atoms with E-state index in [1.807, 2.05) is 0 Å². The first-order valence-electron chi connectivity index (χ1n) is 7.28. The molecule has 0 heterocycles. The summed E-state index contributed by atoms with van der Waals surface area (Å²) in [6.45, 7) is 13.3. The van der Waals surface area contributed by atoms with Crippen molar-refractivity contribution in [3.05, 3.63) is 34.9 Å². The minimum Gasteiger partial charge on any atom is -0.294 e. The summed E-state index contributed by atoms with van der Waals surface area (Å²) in [6, 6.07) is 0. The molecule has 2 aliphatic rings. The lowest BCUT2D eigenvalue weighted by Crippen LogP contribution is -2.16. The highest BCUT2D eigenvalue weighted by Crippen LogP contribution is 2.44. The lowest BCUT2D eigenvalue weighted by molar-refractivity contribution is -0.115. The summed E-state index contributed by atoms with van der Waals surface area (Å²) in [7, 11) is 0. The van der Waals surface area contributed by atoms with Crippen LogP contribution in [0.4, 0.5) is 0 Å². The highest BCUT2D eigenvalue weighted by atomic mass is 16.1. The molecule has 2 rings (SSSR count). The van der Waals surface area contributed by atoms with Gasteiger partial charge >= 0.3 is 0 Å².